The molecule has 1 aliphatic carbocycles. The van der Waals surface area contributed by atoms with Crippen LogP contribution in [0.3, 0.4) is 0 Å². The number of Topliss-reactive ketones (excluding diaryl/α,β-unsaturated/α-hetero) is 1. The third-order valence-corrected chi connectivity index (χ3v) is 5.25. The molecule has 4 rings (SSSR count). The van der Waals surface area contributed by atoms with E-state index in [9.17, 15) is 4.79 Å². The molecule has 0 amide bonds. The molecule has 154 valence electrons. The van der Waals surface area contributed by atoms with Crippen molar-refractivity contribution in [3.8, 4) is 0 Å². The molecule has 8 nitrogen and oxygen atoms in total. The maximum absolute atomic E-state index is 12.0. The lowest BCUT2D eigenvalue weighted by Crippen LogP contribution is -2.23. The number of carbonyl (C=O) groups excluding carboxylic acids is 1. The highest BCUT2D eigenvalue weighted by atomic mass is 35.5. The third kappa shape index (κ3) is 3.86. The Kier molecular flexibility index (Phi) is 5.41. The fourth-order valence-corrected chi connectivity index (χ4v) is 3.53. The van der Waals surface area contributed by atoms with Crippen molar-refractivity contribution in [2.75, 3.05) is 11.9 Å². The average Bonchev–Trinajstić information content (AvgIpc) is 3.31. The minimum Gasteiger partial charge on any atom is -0.396 e. The van der Waals surface area contributed by atoms with Gasteiger partial charge in [0, 0.05) is 24.7 Å². The summed E-state index contributed by atoms with van der Waals surface area (Å²) in [6, 6.07) is 5.76. The lowest BCUT2D eigenvalue weighted by atomic mass is 10.0. The Labute approximate surface area is 179 Å². The molecule has 9 heteroatoms. The number of aryl methyl sites for hydroxylation is 2. The summed E-state index contributed by atoms with van der Waals surface area (Å²) in [6.45, 7) is 3.31. The Morgan fingerprint density at radius 2 is 2.17 bits per heavy atom. The van der Waals surface area contributed by atoms with Crippen LogP contribution in [-0.2, 0) is 18.4 Å². The number of hydrogen-bond donors (Lipinski definition) is 2. The number of hydrogen-bond acceptors (Lipinski definition) is 5. The van der Waals surface area contributed by atoms with Crippen molar-refractivity contribution in [1.82, 2.24) is 14.2 Å². The Morgan fingerprint density at radius 3 is 2.93 bits per heavy atom. The van der Waals surface area contributed by atoms with Crippen molar-refractivity contribution < 1.29 is 9.36 Å². The molecule has 3 aromatic rings. The van der Waals surface area contributed by atoms with Crippen LogP contribution in [0.5, 0.6) is 0 Å². The van der Waals surface area contributed by atoms with Crippen LogP contribution in [0.15, 0.2) is 70.5 Å². The van der Waals surface area contributed by atoms with Gasteiger partial charge < -0.3 is 11.1 Å². The van der Waals surface area contributed by atoms with Gasteiger partial charge in [-0.15, -0.1) is 5.10 Å². The number of nitrogens with two attached hydrogens (primary N) is 1. The van der Waals surface area contributed by atoms with Crippen LogP contribution in [-0.4, -0.2) is 32.2 Å². The second kappa shape index (κ2) is 8.16. The highest BCUT2D eigenvalue weighted by molar-refractivity contribution is 6.49. The number of fused-ring (bicyclic) bond motifs is 1. The van der Waals surface area contributed by atoms with E-state index >= 15 is 0 Å². The van der Waals surface area contributed by atoms with Gasteiger partial charge in [0.05, 0.1) is 30.5 Å². The maximum atomic E-state index is 12.0. The van der Waals surface area contributed by atoms with E-state index in [4.69, 9.17) is 22.3 Å². The summed E-state index contributed by atoms with van der Waals surface area (Å²) < 4.78 is 5.91. The number of nitrogens with zero attached hydrogens (tertiary/aromatic N) is 5. The van der Waals surface area contributed by atoms with Gasteiger partial charge in [0.2, 0.25) is 12.1 Å². The summed E-state index contributed by atoms with van der Waals surface area (Å²) in [5.74, 6) is 0.378. The fourth-order valence-electron chi connectivity index (χ4n) is 3.29. The molecule has 0 atom stereocenters. The van der Waals surface area contributed by atoms with Crippen molar-refractivity contribution in [2.45, 2.75) is 19.9 Å². The molecule has 3 aromatic heterocycles. The maximum Gasteiger partial charge on any atom is 0.243 e. The second-order valence-electron chi connectivity index (χ2n) is 7.21. The van der Waals surface area contributed by atoms with E-state index in [1.54, 1.807) is 17.5 Å². The molecule has 0 saturated heterocycles. The molecule has 30 heavy (non-hydrogen) atoms. The Hall–Kier alpha value is -3.39. The molecule has 0 bridgehead atoms. The molecule has 0 unspecified atom stereocenters. The molecule has 1 aliphatic rings. The summed E-state index contributed by atoms with van der Waals surface area (Å²) in [4.78, 5) is 16.8. The lowest BCUT2D eigenvalue weighted by molar-refractivity contribution is -0.671. The first kappa shape index (κ1) is 19.9. The molecule has 0 aromatic carbocycles. The molecule has 0 spiro atoms. The molecular weight excluding hydrogens is 402 g/mol. The minimum absolute atomic E-state index is 0.000353. The number of aromatic nitrogens is 4. The van der Waals surface area contributed by atoms with E-state index in [0.29, 0.717) is 22.8 Å². The van der Waals surface area contributed by atoms with Gasteiger partial charge in [-0.05, 0) is 25.1 Å². The summed E-state index contributed by atoms with van der Waals surface area (Å²) in [5.41, 5.74) is 8.69. The molecule has 3 heterocycles. The molecule has 0 fully saturated rings. The number of rotatable bonds is 6. The standard InChI is InChI=1S/C21H22ClN7O/c1-14-12-15(18(23)17(22)20(14)30)25-19-16-6-3-4-9-29(16)26-21(19)24-7-5-8-28-11-10-27(2)13-28/h3-4,6,9-13H,5,7-8H2,1-2H3,(H2-,23,24,26,30)/p+1. The van der Waals surface area contributed by atoms with Crippen LogP contribution in [0.1, 0.15) is 13.3 Å². The number of allylic oxidation sites excluding steroid dienone is 3. The van der Waals surface area contributed by atoms with Crippen LogP contribution in [0.2, 0.25) is 0 Å². The number of aliphatic imine (C=N–C) groups is 1. The monoisotopic (exact) mass is 424 g/mol. The van der Waals surface area contributed by atoms with Crippen molar-refractivity contribution in [1.29, 1.82) is 0 Å². The van der Waals surface area contributed by atoms with Gasteiger partial charge in [0.1, 0.15) is 23.1 Å². The van der Waals surface area contributed by atoms with Crippen LogP contribution in [0.4, 0.5) is 11.5 Å². The van der Waals surface area contributed by atoms with Gasteiger partial charge in [-0.1, -0.05) is 17.7 Å². The summed E-state index contributed by atoms with van der Waals surface area (Å²) in [5, 5.41) is 7.99. The second-order valence-corrected chi connectivity index (χ2v) is 7.58. The fraction of sp³-hybridized carbons (Fsp3) is 0.238. The van der Waals surface area contributed by atoms with E-state index in [1.165, 1.54) is 0 Å². The van der Waals surface area contributed by atoms with Crippen molar-refractivity contribution in [3.63, 3.8) is 0 Å². The van der Waals surface area contributed by atoms with Crippen LogP contribution in [0.25, 0.3) is 5.52 Å². The molecule has 0 aliphatic heterocycles. The third-order valence-electron chi connectivity index (χ3n) is 4.88. The average molecular weight is 425 g/mol. The molecular formula is C21H23ClN7O+. The number of nitrogens with one attached hydrogen (secondary N) is 1. The van der Waals surface area contributed by atoms with Crippen molar-refractivity contribution in [3.05, 3.63) is 65.5 Å². The smallest absolute Gasteiger partial charge is 0.243 e. The van der Waals surface area contributed by atoms with E-state index in [-0.39, 0.29) is 16.5 Å². The topological polar surface area (TPSA) is 93.6 Å². The zero-order chi connectivity index (χ0) is 21.3. The van der Waals surface area contributed by atoms with E-state index in [2.05, 4.69) is 15.0 Å². The van der Waals surface area contributed by atoms with Gasteiger partial charge in [-0.25, -0.2) is 18.6 Å². The Morgan fingerprint density at radius 1 is 1.33 bits per heavy atom. The van der Waals surface area contributed by atoms with Crippen LogP contribution in [0, 0.1) is 0 Å². The first-order valence-electron chi connectivity index (χ1n) is 9.63. The summed E-state index contributed by atoms with van der Waals surface area (Å²) >= 11 is 6.11. The Bertz CT molecular complexity index is 1220. The van der Waals surface area contributed by atoms with Crippen LogP contribution < -0.4 is 15.6 Å². The summed E-state index contributed by atoms with van der Waals surface area (Å²) in [7, 11) is 2.00. The van der Waals surface area contributed by atoms with E-state index < -0.39 is 0 Å². The quantitative estimate of drug-likeness (QED) is 0.361. The normalized spacial score (nSPS) is 15.9. The zero-order valence-corrected chi connectivity index (χ0v) is 17.6. The molecule has 0 saturated carbocycles. The van der Waals surface area contributed by atoms with E-state index in [1.807, 2.05) is 54.7 Å². The predicted molar refractivity (Wildman–Crippen MR) is 117 cm³/mol. The van der Waals surface area contributed by atoms with Crippen LogP contribution >= 0.6 is 11.6 Å². The van der Waals surface area contributed by atoms with Gasteiger partial charge in [-0.3, -0.25) is 4.79 Å². The number of carbonyl (C=O) groups is 1. The van der Waals surface area contributed by atoms with Crippen molar-refractivity contribution in [2.24, 2.45) is 17.8 Å². The predicted octanol–water partition coefficient (Wildman–Crippen LogP) is 2.47. The minimum atomic E-state index is -0.273. The lowest BCUT2D eigenvalue weighted by Gasteiger charge is -2.12. The summed E-state index contributed by atoms with van der Waals surface area (Å²) in [6.07, 6.45) is 10.5. The van der Waals surface area contributed by atoms with Gasteiger partial charge >= 0.3 is 0 Å². The number of ketones is 1. The van der Waals surface area contributed by atoms with Gasteiger partial charge in [0.15, 0.2) is 5.82 Å². The highest BCUT2D eigenvalue weighted by Gasteiger charge is 2.23. The number of anilines is 1. The first-order valence-corrected chi connectivity index (χ1v) is 10.0. The molecule has 0 radical (unpaired) electrons. The first-order chi connectivity index (χ1) is 14.4. The van der Waals surface area contributed by atoms with E-state index in [0.717, 1.165) is 25.0 Å². The van der Waals surface area contributed by atoms with Gasteiger partial charge in [0.25, 0.3) is 0 Å². The zero-order valence-electron chi connectivity index (χ0n) is 16.8. The molecule has 3 N–H and O–H groups in total. The number of imidazole rings is 1. The highest BCUT2D eigenvalue weighted by Crippen LogP contribution is 2.32. The largest absolute Gasteiger partial charge is 0.396 e. The number of pyridine rings is 1. The van der Waals surface area contributed by atoms with Crippen molar-refractivity contribution >= 4 is 40.1 Å². The SMILES string of the molecule is CC1=CC(=Nc2c(NCCCn3cc[n+](C)c3)nn3ccccc23)C(N)=C(Cl)C1=O. The van der Waals surface area contributed by atoms with Gasteiger partial charge in [-0.2, -0.15) is 0 Å². The Balaban J connectivity index is 1.61. The number of halogens is 1.